The number of pyridine rings is 1. The number of carbonyl (C=O) groups excluding carboxylic acids is 1. The van der Waals surface area contributed by atoms with E-state index in [9.17, 15) is 9.18 Å². The highest BCUT2D eigenvalue weighted by molar-refractivity contribution is 5.99. The van der Waals surface area contributed by atoms with Crippen molar-refractivity contribution in [2.45, 2.75) is 6.54 Å². The monoisotopic (exact) mass is 290 g/mol. The van der Waals surface area contributed by atoms with E-state index in [4.69, 9.17) is 10.6 Å². The Labute approximate surface area is 121 Å². The van der Waals surface area contributed by atoms with Crippen molar-refractivity contribution in [2.75, 3.05) is 12.5 Å². The number of nitrogens with zero attached hydrogens (tertiary/aromatic N) is 1. The number of rotatable bonds is 5. The molecule has 1 heterocycles. The largest absolute Gasteiger partial charge is 0.481 e. The SMILES string of the molecule is COc1ccc(CNC(=O)c2cccc(F)c2NN)cn1. The van der Waals surface area contributed by atoms with Gasteiger partial charge in [-0.1, -0.05) is 12.1 Å². The van der Waals surface area contributed by atoms with Crippen LogP contribution in [0.3, 0.4) is 0 Å². The van der Waals surface area contributed by atoms with Crippen molar-refractivity contribution in [3.05, 3.63) is 53.5 Å². The van der Waals surface area contributed by atoms with Crippen molar-refractivity contribution >= 4 is 11.6 Å². The number of para-hydroxylation sites is 1. The van der Waals surface area contributed by atoms with Crippen LogP contribution < -0.4 is 21.3 Å². The standard InChI is InChI=1S/C14H15FN4O2/c1-21-12-6-5-9(7-17-12)8-18-14(20)10-3-2-4-11(15)13(10)19-16/h2-7,19H,8,16H2,1H3,(H,18,20). The highest BCUT2D eigenvalue weighted by atomic mass is 19.1. The van der Waals surface area contributed by atoms with E-state index in [-0.39, 0.29) is 17.8 Å². The molecule has 2 rings (SSSR count). The number of nitrogen functional groups attached to an aromatic ring is 1. The van der Waals surface area contributed by atoms with Crippen LogP contribution in [-0.2, 0) is 6.54 Å². The highest BCUT2D eigenvalue weighted by Gasteiger charge is 2.14. The van der Waals surface area contributed by atoms with E-state index < -0.39 is 11.7 Å². The normalized spacial score (nSPS) is 10.0. The Morgan fingerprint density at radius 3 is 2.81 bits per heavy atom. The van der Waals surface area contributed by atoms with Gasteiger partial charge >= 0.3 is 0 Å². The number of methoxy groups -OCH3 is 1. The molecular weight excluding hydrogens is 275 g/mol. The molecule has 0 saturated heterocycles. The summed E-state index contributed by atoms with van der Waals surface area (Å²) in [5.41, 5.74) is 3.09. The molecule has 0 aliphatic rings. The molecule has 4 N–H and O–H groups in total. The summed E-state index contributed by atoms with van der Waals surface area (Å²) < 4.78 is 18.5. The number of amides is 1. The lowest BCUT2D eigenvalue weighted by Crippen LogP contribution is -2.25. The summed E-state index contributed by atoms with van der Waals surface area (Å²) in [4.78, 5) is 16.1. The van der Waals surface area contributed by atoms with Crippen molar-refractivity contribution in [2.24, 2.45) is 5.84 Å². The lowest BCUT2D eigenvalue weighted by Gasteiger charge is -2.10. The predicted octanol–water partition coefficient (Wildman–Crippen LogP) is 1.44. The zero-order valence-electron chi connectivity index (χ0n) is 11.4. The third kappa shape index (κ3) is 3.46. The van der Waals surface area contributed by atoms with E-state index in [0.29, 0.717) is 5.88 Å². The molecule has 7 heteroatoms. The molecule has 6 nitrogen and oxygen atoms in total. The summed E-state index contributed by atoms with van der Waals surface area (Å²) in [6.07, 6.45) is 1.59. The number of anilines is 1. The minimum atomic E-state index is -0.587. The highest BCUT2D eigenvalue weighted by Crippen LogP contribution is 2.18. The van der Waals surface area contributed by atoms with Gasteiger partial charge in [-0.3, -0.25) is 10.6 Å². The third-order valence-electron chi connectivity index (χ3n) is 2.86. The van der Waals surface area contributed by atoms with E-state index >= 15 is 0 Å². The van der Waals surface area contributed by atoms with Crippen LogP contribution in [0.4, 0.5) is 10.1 Å². The van der Waals surface area contributed by atoms with E-state index in [2.05, 4.69) is 15.7 Å². The van der Waals surface area contributed by atoms with Crippen LogP contribution in [-0.4, -0.2) is 18.0 Å². The predicted molar refractivity (Wildman–Crippen MR) is 76.2 cm³/mol. The minimum absolute atomic E-state index is 0.0390. The molecule has 1 amide bonds. The molecule has 2 aromatic rings. The molecule has 1 aromatic heterocycles. The number of halogens is 1. The van der Waals surface area contributed by atoms with Crippen LogP contribution in [0.15, 0.2) is 36.5 Å². The number of nitrogens with one attached hydrogen (secondary N) is 2. The summed E-state index contributed by atoms with van der Waals surface area (Å²) in [5.74, 6) is 4.71. The summed E-state index contributed by atoms with van der Waals surface area (Å²) in [5, 5.41) is 2.67. The Balaban J connectivity index is 2.06. The average Bonchev–Trinajstić information content (AvgIpc) is 2.52. The fraction of sp³-hybridized carbons (Fsp3) is 0.143. The van der Waals surface area contributed by atoms with Crippen LogP contribution >= 0.6 is 0 Å². The van der Waals surface area contributed by atoms with Gasteiger partial charge < -0.3 is 15.5 Å². The molecule has 110 valence electrons. The van der Waals surface area contributed by atoms with Crippen LogP contribution in [0.2, 0.25) is 0 Å². The quantitative estimate of drug-likeness (QED) is 0.573. The van der Waals surface area contributed by atoms with Gasteiger partial charge in [-0.05, 0) is 17.7 Å². The Morgan fingerprint density at radius 2 is 2.19 bits per heavy atom. The first-order valence-corrected chi connectivity index (χ1v) is 6.18. The zero-order valence-corrected chi connectivity index (χ0v) is 11.4. The van der Waals surface area contributed by atoms with Gasteiger partial charge in [0.05, 0.1) is 18.4 Å². The van der Waals surface area contributed by atoms with Gasteiger partial charge in [-0.2, -0.15) is 0 Å². The second-order valence-corrected chi connectivity index (χ2v) is 4.20. The molecule has 0 spiro atoms. The number of nitrogens with two attached hydrogens (primary N) is 1. The second-order valence-electron chi connectivity index (χ2n) is 4.20. The summed E-state index contributed by atoms with van der Waals surface area (Å²) in [6.45, 7) is 0.260. The number of ether oxygens (including phenoxy) is 1. The number of hydrogen-bond acceptors (Lipinski definition) is 5. The average molecular weight is 290 g/mol. The first-order chi connectivity index (χ1) is 10.2. The van der Waals surface area contributed by atoms with Crippen LogP contribution in [0.1, 0.15) is 15.9 Å². The van der Waals surface area contributed by atoms with Gasteiger partial charge in [0.1, 0.15) is 5.82 Å². The Morgan fingerprint density at radius 1 is 1.38 bits per heavy atom. The van der Waals surface area contributed by atoms with E-state index in [1.807, 2.05) is 0 Å². The number of benzene rings is 1. The number of aromatic nitrogens is 1. The number of hydrazine groups is 1. The summed E-state index contributed by atoms with van der Waals surface area (Å²) in [7, 11) is 1.52. The second kappa shape index (κ2) is 6.67. The summed E-state index contributed by atoms with van der Waals surface area (Å²) in [6, 6.07) is 7.62. The Kier molecular flexibility index (Phi) is 4.68. The molecule has 21 heavy (non-hydrogen) atoms. The lowest BCUT2D eigenvalue weighted by molar-refractivity contribution is 0.0951. The van der Waals surface area contributed by atoms with Gasteiger partial charge in [-0.15, -0.1) is 0 Å². The van der Waals surface area contributed by atoms with Crippen molar-refractivity contribution in [3.63, 3.8) is 0 Å². The number of hydrogen-bond donors (Lipinski definition) is 3. The molecule has 0 fully saturated rings. The molecule has 0 bridgehead atoms. The van der Waals surface area contributed by atoms with E-state index in [1.54, 1.807) is 18.3 Å². The van der Waals surface area contributed by atoms with Crippen LogP contribution in [0.25, 0.3) is 0 Å². The van der Waals surface area contributed by atoms with Crippen LogP contribution in [0.5, 0.6) is 5.88 Å². The maximum absolute atomic E-state index is 13.5. The lowest BCUT2D eigenvalue weighted by atomic mass is 10.1. The molecule has 1 aromatic carbocycles. The van der Waals surface area contributed by atoms with E-state index in [1.165, 1.54) is 25.3 Å². The van der Waals surface area contributed by atoms with Crippen molar-refractivity contribution in [1.29, 1.82) is 0 Å². The fourth-order valence-corrected chi connectivity index (χ4v) is 1.77. The van der Waals surface area contributed by atoms with Crippen molar-refractivity contribution in [3.8, 4) is 5.88 Å². The Hall–Kier alpha value is -2.67. The maximum Gasteiger partial charge on any atom is 0.253 e. The minimum Gasteiger partial charge on any atom is -0.481 e. The molecule has 0 unspecified atom stereocenters. The smallest absolute Gasteiger partial charge is 0.253 e. The zero-order chi connectivity index (χ0) is 15.2. The first kappa shape index (κ1) is 14.7. The van der Waals surface area contributed by atoms with Gasteiger partial charge in [-0.25, -0.2) is 9.37 Å². The number of carbonyl (C=O) groups is 1. The molecule has 0 atom stereocenters. The van der Waals surface area contributed by atoms with Gasteiger partial charge in [0, 0.05) is 18.8 Å². The van der Waals surface area contributed by atoms with Crippen molar-refractivity contribution in [1.82, 2.24) is 10.3 Å². The third-order valence-corrected chi connectivity index (χ3v) is 2.86. The van der Waals surface area contributed by atoms with Gasteiger partial charge in [0.25, 0.3) is 5.91 Å². The fourth-order valence-electron chi connectivity index (χ4n) is 1.77. The topological polar surface area (TPSA) is 89.3 Å². The summed E-state index contributed by atoms with van der Waals surface area (Å²) >= 11 is 0. The van der Waals surface area contributed by atoms with Gasteiger partial charge in [0.2, 0.25) is 5.88 Å². The maximum atomic E-state index is 13.5. The van der Waals surface area contributed by atoms with E-state index in [0.717, 1.165) is 5.56 Å². The first-order valence-electron chi connectivity index (χ1n) is 6.18. The van der Waals surface area contributed by atoms with Gasteiger partial charge in [0.15, 0.2) is 0 Å². The molecule has 0 saturated carbocycles. The van der Waals surface area contributed by atoms with Crippen LogP contribution in [0, 0.1) is 5.82 Å². The molecule has 0 radical (unpaired) electrons. The molecule has 0 aliphatic heterocycles. The molecular formula is C14H15FN4O2. The molecule has 0 aliphatic carbocycles. The van der Waals surface area contributed by atoms with Crippen molar-refractivity contribution < 1.29 is 13.9 Å². The Bertz CT molecular complexity index is 631.